The molecule has 0 atom stereocenters. The summed E-state index contributed by atoms with van der Waals surface area (Å²) >= 11 is 6.48. The van der Waals surface area contributed by atoms with Crippen LogP contribution in [0, 0.1) is 0 Å². The highest BCUT2D eigenvalue weighted by Crippen LogP contribution is 2.34. The fourth-order valence-electron chi connectivity index (χ4n) is 4.24. The predicted octanol–water partition coefficient (Wildman–Crippen LogP) is 3.41. The van der Waals surface area contributed by atoms with E-state index in [1.807, 2.05) is 22.7 Å². The molecule has 0 saturated carbocycles. The number of nitrogens with one attached hydrogen (secondary N) is 1. The maximum absolute atomic E-state index is 11.7. The Labute approximate surface area is 185 Å². The molecule has 4 heterocycles. The third-order valence-electron chi connectivity index (χ3n) is 5.85. The summed E-state index contributed by atoms with van der Waals surface area (Å²) in [5, 5.41) is 5.01. The molecule has 0 amide bonds. The van der Waals surface area contributed by atoms with Crippen molar-refractivity contribution >= 4 is 49.8 Å². The van der Waals surface area contributed by atoms with E-state index >= 15 is 0 Å². The van der Waals surface area contributed by atoms with E-state index in [0.29, 0.717) is 31.9 Å². The highest BCUT2D eigenvalue weighted by Gasteiger charge is 2.25. The Morgan fingerprint density at radius 3 is 2.65 bits per heavy atom. The van der Waals surface area contributed by atoms with Gasteiger partial charge in [-0.05, 0) is 37.3 Å². The standard InChI is InChI=1S/C21H23ClN6O2S/c1-31(29,30)27-9-6-15(7-10-27)25-21-24-13-14-12-17(16-4-2-3-5-18(16)22)20-23-8-11-28(20)19(14)26-21/h4-5,8,11-13,15H,2-3,6-7,9-10H2,1H3,(H,24,25,26). The Kier molecular flexibility index (Phi) is 5.19. The molecule has 1 aliphatic heterocycles. The number of anilines is 1. The van der Waals surface area contributed by atoms with Gasteiger partial charge in [-0.2, -0.15) is 4.98 Å². The van der Waals surface area contributed by atoms with Crippen LogP contribution in [0.15, 0.2) is 41.8 Å². The fraction of sp³-hybridized carbons (Fsp3) is 0.381. The number of rotatable bonds is 4. The number of aromatic nitrogens is 4. The van der Waals surface area contributed by atoms with E-state index < -0.39 is 10.0 Å². The Bertz CT molecular complexity index is 1320. The summed E-state index contributed by atoms with van der Waals surface area (Å²) in [4.78, 5) is 13.8. The molecule has 0 aromatic carbocycles. The number of pyridine rings is 1. The van der Waals surface area contributed by atoms with Gasteiger partial charge in [0.2, 0.25) is 16.0 Å². The summed E-state index contributed by atoms with van der Waals surface area (Å²) in [6.07, 6.45) is 14.2. The number of imidazole rings is 1. The summed E-state index contributed by atoms with van der Waals surface area (Å²) in [6.45, 7) is 1.01. The molecule has 10 heteroatoms. The van der Waals surface area contributed by atoms with Crippen LogP contribution in [0.3, 0.4) is 0 Å². The van der Waals surface area contributed by atoms with Gasteiger partial charge in [-0.25, -0.2) is 22.7 Å². The normalized spacial score (nSPS) is 18.9. The minimum absolute atomic E-state index is 0.129. The van der Waals surface area contributed by atoms with E-state index in [0.717, 1.165) is 45.7 Å². The molecule has 1 N–H and O–H groups in total. The number of halogens is 1. The molecule has 162 valence electrons. The molecule has 1 fully saturated rings. The van der Waals surface area contributed by atoms with E-state index in [2.05, 4.69) is 21.4 Å². The van der Waals surface area contributed by atoms with Gasteiger partial charge in [-0.3, -0.25) is 4.40 Å². The molecular weight excluding hydrogens is 436 g/mol. The number of allylic oxidation sites excluding steroid dienone is 4. The largest absolute Gasteiger partial charge is 0.351 e. The molecule has 0 bridgehead atoms. The lowest BCUT2D eigenvalue weighted by molar-refractivity contribution is 0.331. The van der Waals surface area contributed by atoms with Crippen molar-refractivity contribution in [1.82, 2.24) is 23.7 Å². The highest BCUT2D eigenvalue weighted by molar-refractivity contribution is 7.88. The van der Waals surface area contributed by atoms with Gasteiger partial charge in [-0.15, -0.1) is 0 Å². The lowest BCUT2D eigenvalue weighted by Crippen LogP contribution is -2.42. The number of hydrogen-bond donors (Lipinski definition) is 1. The lowest BCUT2D eigenvalue weighted by Gasteiger charge is -2.30. The van der Waals surface area contributed by atoms with Crippen molar-refractivity contribution < 1.29 is 8.42 Å². The maximum atomic E-state index is 11.7. The molecule has 0 unspecified atom stereocenters. The summed E-state index contributed by atoms with van der Waals surface area (Å²) < 4.78 is 26.9. The third-order valence-corrected chi connectivity index (χ3v) is 7.51. The molecule has 0 spiro atoms. The van der Waals surface area contributed by atoms with Gasteiger partial charge in [-0.1, -0.05) is 23.8 Å². The SMILES string of the molecule is CS(=O)(=O)N1CCC(Nc2ncc3cc(C4=CCCC=C4Cl)c4nccn4c3n2)CC1. The zero-order chi connectivity index (χ0) is 21.6. The van der Waals surface area contributed by atoms with Gasteiger partial charge in [0.05, 0.1) is 6.26 Å². The summed E-state index contributed by atoms with van der Waals surface area (Å²) in [5.74, 6) is 0.530. The van der Waals surface area contributed by atoms with E-state index in [1.54, 1.807) is 12.4 Å². The van der Waals surface area contributed by atoms with Gasteiger partial charge >= 0.3 is 0 Å². The highest BCUT2D eigenvalue weighted by atomic mass is 35.5. The first-order chi connectivity index (χ1) is 14.9. The van der Waals surface area contributed by atoms with Gasteiger partial charge in [0.1, 0.15) is 5.65 Å². The van der Waals surface area contributed by atoms with Crippen LogP contribution in [0.1, 0.15) is 31.2 Å². The number of sulfonamides is 1. The van der Waals surface area contributed by atoms with Crippen molar-refractivity contribution in [3.8, 4) is 0 Å². The summed E-state index contributed by atoms with van der Waals surface area (Å²) in [7, 11) is -3.14. The Balaban J connectivity index is 1.45. The number of nitrogens with zero attached hydrogens (tertiary/aromatic N) is 5. The second-order valence-corrected chi connectivity index (χ2v) is 10.4. The summed E-state index contributed by atoms with van der Waals surface area (Å²) in [6, 6.07) is 2.17. The van der Waals surface area contributed by atoms with Crippen LogP contribution < -0.4 is 5.32 Å². The van der Waals surface area contributed by atoms with Crippen molar-refractivity contribution in [2.75, 3.05) is 24.7 Å². The minimum Gasteiger partial charge on any atom is -0.351 e. The molecular formula is C21H23ClN6O2S. The lowest BCUT2D eigenvalue weighted by atomic mass is 9.99. The molecule has 1 saturated heterocycles. The van der Waals surface area contributed by atoms with Gasteiger partial charge in [0.25, 0.3) is 0 Å². The van der Waals surface area contributed by atoms with Gasteiger partial charge < -0.3 is 5.32 Å². The van der Waals surface area contributed by atoms with E-state index in [-0.39, 0.29) is 6.04 Å². The zero-order valence-electron chi connectivity index (χ0n) is 17.1. The molecule has 8 nitrogen and oxygen atoms in total. The smallest absolute Gasteiger partial charge is 0.224 e. The monoisotopic (exact) mass is 458 g/mol. The number of hydrogen-bond acceptors (Lipinski definition) is 6. The van der Waals surface area contributed by atoms with Crippen LogP contribution in [-0.2, 0) is 10.0 Å². The fourth-order valence-corrected chi connectivity index (χ4v) is 5.40. The average Bonchev–Trinajstić information content (AvgIpc) is 3.24. The molecule has 5 rings (SSSR count). The first-order valence-electron chi connectivity index (χ1n) is 10.3. The Hall–Kier alpha value is -2.49. The molecule has 3 aromatic rings. The average molecular weight is 459 g/mol. The molecule has 2 aliphatic rings. The molecule has 3 aromatic heterocycles. The number of piperidine rings is 1. The molecule has 1 aliphatic carbocycles. The van der Waals surface area contributed by atoms with E-state index in [4.69, 9.17) is 16.6 Å². The van der Waals surface area contributed by atoms with Crippen molar-refractivity contribution in [2.45, 2.75) is 31.7 Å². The first kappa shape index (κ1) is 20.4. The maximum Gasteiger partial charge on any atom is 0.224 e. The van der Waals surface area contributed by atoms with Crippen LogP contribution in [-0.4, -0.2) is 57.5 Å². The van der Waals surface area contributed by atoms with Crippen molar-refractivity contribution in [1.29, 1.82) is 0 Å². The van der Waals surface area contributed by atoms with Gasteiger partial charge in [0.15, 0.2) is 5.65 Å². The second kappa shape index (κ2) is 7.89. The number of fused-ring (bicyclic) bond motifs is 3. The predicted molar refractivity (Wildman–Crippen MR) is 122 cm³/mol. The van der Waals surface area contributed by atoms with E-state index in [1.165, 1.54) is 10.6 Å². The van der Waals surface area contributed by atoms with Crippen LogP contribution in [0.2, 0.25) is 0 Å². The van der Waals surface area contributed by atoms with Gasteiger partial charge in [0, 0.05) is 53.7 Å². The molecule has 0 radical (unpaired) electrons. The van der Waals surface area contributed by atoms with Crippen LogP contribution in [0.4, 0.5) is 5.95 Å². The van der Waals surface area contributed by atoms with Crippen LogP contribution in [0.25, 0.3) is 22.3 Å². The van der Waals surface area contributed by atoms with Crippen molar-refractivity contribution in [3.05, 3.63) is 47.4 Å². The van der Waals surface area contributed by atoms with Crippen LogP contribution >= 0.6 is 11.6 Å². The second-order valence-electron chi connectivity index (χ2n) is 7.98. The first-order valence-corrected chi connectivity index (χ1v) is 12.5. The summed E-state index contributed by atoms with van der Waals surface area (Å²) in [5.41, 5.74) is 3.53. The van der Waals surface area contributed by atoms with Crippen molar-refractivity contribution in [2.24, 2.45) is 0 Å². The van der Waals surface area contributed by atoms with Crippen LogP contribution in [0.5, 0.6) is 0 Å². The third kappa shape index (κ3) is 3.93. The van der Waals surface area contributed by atoms with Crippen molar-refractivity contribution in [3.63, 3.8) is 0 Å². The Morgan fingerprint density at radius 2 is 1.90 bits per heavy atom. The minimum atomic E-state index is -3.14. The quantitative estimate of drug-likeness (QED) is 0.644. The van der Waals surface area contributed by atoms with E-state index in [9.17, 15) is 8.42 Å². The zero-order valence-corrected chi connectivity index (χ0v) is 18.7. The Morgan fingerprint density at radius 1 is 1.13 bits per heavy atom. The topological polar surface area (TPSA) is 92.5 Å². The molecule has 31 heavy (non-hydrogen) atoms.